The minimum atomic E-state index is -0.391. The van der Waals surface area contributed by atoms with Crippen LogP contribution in [0, 0.1) is 19.3 Å². The van der Waals surface area contributed by atoms with Gasteiger partial charge in [0.25, 0.3) is 0 Å². The molecule has 2 N–H and O–H groups in total. The number of nitrogens with zero attached hydrogens (tertiary/aromatic N) is 1. The Kier molecular flexibility index (Phi) is 3.33. The molecule has 15 heavy (non-hydrogen) atoms. The van der Waals surface area contributed by atoms with Crippen LogP contribution in [0.25, 0.3) is 0 Å². The lowest BCUT2D eigenvalue weighted by atomic mass is 10.1. The van der Waals surface area contributed by atoms with Gasteiger partial charge in [0.1, 0.15) is 5.75 Å². The predicted octanol–water partition coefficient (Wildman–Crippen LogP) is 1.60. The summed E-state index contributed by atoms with van der Waals surface area (Å²) in [5.41, 5.74) is 1.11. The van der Waals surface area contributed by atoms with Crippen LogP contribution < -0.4 is 5.32 Å². The highest BCUT2D eigenvalue weighted by atomic mass is 16.3. The standard InChI is InChI=1S/C12H16N2O/c1-5-12(3,4)13-8-10-11(15)7-6-9(2)14-10/h1,6-7,13,15H,8H2,2-4H3. The van der Waals surface area contributed by atoms with Crippen LogP contribution >= 0.6 is 0 Å². The van der Waals surface area contributed by atoms with Crippen LogP contribution in [0.15, 0.2) is 12.1 Å². The van der Waals surface area contributed by atoms with Crippen LogP contribution in [0.1, 0.15) is 25.2 Å². The Morgan fingerprint density at radius 2 is 2.20 bits per heavy atom. The molecule has 0 saturated carbocycles. The predicted molar refractivity (Wildman–Crippen MR) is 60.4 cm³/mol. The molecule has 0 aliphatic heterocycles. The summed E-state index contributed by atoms with van der Waals surface area (Å²) in [4.78, 5) is 4.23. The molecule has 80 valence electrons. The van der Waals surface area contributed by atoms with Crippen molar-refractivity contribution in [3.05, 3.63) is 23.5 Å². The Labute approximate surface area is 90.5 Å². The number of terminal acetylenes is 1. The Morgan fingerprint density at radius 3 is 2.80 bits per heavy atom. The molecule has 0 radical (unpaired) electrons. The van der Waals surface area contributed by atoms with Crippen LogP contribution in [0.3, 0.4) is 0 Å². The van der Waals surface area contributed by atoms with Crippen LogP contribution in [0.4, 0.5) is 0 Å². The molecule has 1 aromatic heterocycles. The van der Waals surface area contributed by atoms with Gasteiger partial charge in [0.05, 0.1) is 11.2 Å². The van der Waals surface area contributed by atoms with Gasteiger partial charge in [-0.25, -0.2) is 0 Å². The van der Waals surface area contributed by atoms with Crippen molar-refractivity contribution >= 4 is 0 Å². The van der Waals surface area contributed by atoms with Crippen LogP contribution in [-0.4, -0.2) is 15.6 Å². The second-order valence-corrected chi connectivity index (χ2v) is 4.04. The van der Waals surface area contributed by atoms with E-state index in [1.807, 2.05) is 20.8 Å². The van der Waals surface area contributed by atoms with E-state index in [2.05, 4.69) is 16.2 Å². The van der Waals surface area contributed by atoms with Crippen molar-refractivity contribution in [2.24, 2.45) is 0 Å². The van der Waals surface area contributed by atoms with Gasteiger partial charge in [-0.15, -0.1) is 6.42 Å². The average Bonchev–Trinajstić information content (AvgIpc) is 2.20. The summed E-state index contributed by atoms with van der Waals surface area (Å²) in [6.45, 7) is 6.15. The summed E-state index contributed by atoms with van der Waals surface area (Å²) in [6, 6.07) is 3.41. The van der Waals surface area contributed by atoms with Crippen LogP contribution in [0.5, 0.6) is 5.75 Å². The molecule has 0 fully saturated rings. The van der Waals surface area contributed by atoms with Crippen molar-refractivity contribution in [3.63, 3.8) is 0 Å². The lowest BCUT2D eigenvalue weighted by Gasteiger charge is -2.19. The molecule has 0 amide bonds. The van der Waals surface area contributed by atoms with E-state index in [-0.39, 0.29) is 5.75 Å². The van der Waals surface area contributed by atoms with Crippen LogP contribution in [-0.2, 0) is 6.54 Å². The topological polar surface area (TPSA) is 45.2 Å². The number of pyridine rings is 1. The Hall–Kier alpha value is -1.53. The first-order chi connectivity index (χ1) is 6.94. The van der Waals surface area contributed by atoms with E-state index in [1.165, 1.54) is 0 Å². The highest BCUT2D eigenvalue weighted by molar-refractivity contribution is 5.27. The normalized spacial score (nSPS) is 11.1. The fourth-order valence-electron chi connectivity index (χ4n) is 1.09. The molecule has 0 unspecified atom stereocenters. The van der Waals surface area contributed by atoms with Gasteiger partial charge in [0, 0.05) is 12.2 Å². The molecule has 1 rings (SSSR count). The maximum Gasteiger partial charge on any atom is 0.138 e. The summed E-state index contributed by atoms with van der Waals surface area (Å²) in [5, 5.41) is 12.7. The lowest BCUT2D eigenvalue weighted by Crippen LogP contribution is -2.37. The molecule has 0 atom stereocenters. The van der Waals surface area contributed by atoms with Crippen molar-refractivity contribution in [1.82, 2.24) is 10.3 Å². The fourth-order valence-corrected chi connectivity index (χ4v) is 1.09. The van der Waals surface area contributed by atoms with Crippen molar-refractivity contribution in [1.29, 1.82) is 0 Å². The molecule has 1 aromatic rings. The third-order valence-electron chi connectivity index (χ3n) is 2.15. The third kappa shape index (κ3) is 3.26. The van der Waals surface area contributed by atoms with Gasteiger partial charge in [-0.2, -0.15) is 0 Å². The quantitative estimate of drug-likeness (QED) is 0.735. The summed E-state index contributed by atoms with van der Waals surface area (Å²) in [6.07, 6.45) is 5.34. The Morgan fingerprint density at radius 1 is 1.53 bits per heavy atom. The van der Waals surface area contributed by atoms with E-state index in [9.17, 15) is 5.11 Å². The Bertz CT molecular complexity index is 391. The van der Waals surface area contributed by atoms with Gasteiger partial charge in [0.2, 0.25) is 0 Å². The first kappa shape index (κ1) is 11.5. The second-order valence-electron chi connectivity index (χ2n) is 4.04. The monoisotopic (exact) mass is 204 g/mol. The Balaban J connectivity index is 2.74. The largest absolute Gasteiger partial charge is 0.506 e. The zero-order valence-corrected chi connectivity index (χ0v) is 9.33. The van der Waals surface area contributed by atoms with E-state index in [0.29, 0.717) is 12.2 Å². The average molecular weight is 204 g/mol. The van der Waals surface area contributed by atoms with Gasteiger partial charge in [-0.05, 0) is 32.9 Å². The van der Waals surface area contributed by atoms with E-state index in [4.69, 9.17) is 6.42 Å². The van der Waals surface area contributed by atoms with Crippen molar-refractivity contribution in [2.75, 3.05) is 0 Å². The maximum absolute atomic E-state index is 9.55. The summed E-state index contributed by atoms with van der Waals surface area (Å²) in [7, 11) is 0. The fraction of sp³-hybridized carbons (Fsp3) is 0.417. The van der Waals surface area contributed by atoms with E-state index in [1.54, 1.807) is 12.1 Å². The van der Waals surface area contributed by atoms with Gasteiger partial charge < -0.3 is 5.11 Å². The van der Waals surface area contributed by atoms with Crippen molar-refractivity contribution in [2.45, 2.75) is 32.9 Å². The van der Waals surface area contributed by atoms with E-state index >= 15 is 0 Å². The number of aryl methyl sites for hydroxylation is 1. The summed E-state index contributed by atoms with van der Waals surface area (Å²) in [5.74, 6) is 2.82. The third-order valence-corrected chi connectivity index (χ3v) is 2.15. The molecule has 0 aliphatic carbocycles. The smallest absolute Gasteiger partial charge is 0.138 e. The first-order valence-corrected chi connectivity index (χ1v) is 4.83. The molecular formula is C12H16N2O. The lowest BCUT2D eigenvalue weighted by molar-refractivity contribution is 0.441. The summed E-state index contributed by atoms with van der Waals surface area (Å²) >= 11 is 0. The number of rotatable bonds is 3. The van der Waals surface area contributed by atoms with Gasteiger partial charge >= 0.3 is 0 Å². The van der Waals surface area contributed by atoms with Crippen molar-refractivity contribution in [3.8, 4) is 18.1 Å². The number of hydrogen-bond acceptors (Lipinski definition) is 3. The van der Waals surface area contributed by atoms with Crippen molar-refractivity contribution < 1.29 is 5.11 Å². The van der Waals surface area contributed by atoms with Crippen LogP contribution in [0.2, 0.25) is 0 Å². The summed E-state index contributed by atoms with van der Waals surface area (Å²) < 4.78 is 0. The van der Waals surface area contributed by atoms with E-state index < -0.39 is 5.54 Å². The second kappa shape index (κ2) is 4.33. The molecule has 0 aromatic carbocycles. The first-order valence-electron chi connectivity index (χ1n) is 4.83. The minimum Gasteiger partial charge on any atom is -0.506 e. The van der Waals surface area contributed by atoms with E-state index in [0.717, 1.165) is 5.69 Å². The highest BCUT2D eigenvalue weighted by Gasteiger charge is 2.13. The zero-order valence-electron chi connectivity index (χ0n) is 9.33. The molecular weight excluding hydrogens is 188 g/mol. The zero-order chi connectivity index (χ0) is 11.5. The molecule has 0 bridgehead atoms. The molecule has 0 aliphatic rings. The maximum atomic E-state index is 9.55. The SMILES string of the molecule is C#CC(C)(C)NCc1nc(C)ccc1O. The van der Waals surface area contributed by atoms with Gasteiger partial charge in [-0.3, -0.25) is 10.3 Å². The number of hydrogen-bond donors (Lipinski definition) is 2. The highest BCUT2D eigenvalue weighted by Crippen LogP contribution is 2.15. The van der Waals surface area contributed by atoms with Gasteiger partial charge in [-0.1, -0.05) is 5.92 Å². The minimum absolute atomic E-state index is 0.195. The molecule has 1 heterocycles. The number of aromatic hydroxyl groups is 1. The molecule has 3 heteroatoms. The number of aromatic nitrogens is 1. The number of nitrogens with one attached hydrogen (secondary N) is 1. The molecule has 3 nitrogen and oxygen atoms in total. The molecule has 0 saturated heterocycles. The van der Waals surface area contributed by atoms with Gasteiger partial charge in [0.15, 0.2) is 0 Å². The molecule has 0 spiro atoms.